The van der Waals surface area contributed by atoms with Crippen LogP contribution in [0.15, 0.2) is 30.3 Å². The second kappa shape index (κ2) is 4.39. The molecule has 0 fully saturated rings. The Morgan fingerprint density at radius 3 is 2.50 bits per heavy atom. The maximum absolute atomic E-state index is 4.55. The summed E-state index contributed by atoms with van der Waals surface area (Å²) in [6, 6.07) is 10.2. The van der Waals surface area contributed by atoms with E-state index in [1.165, 1.54) is 0 Å². The Labute approximate surface area is 96.1 Å². The van der Waals surface area contributed by atoms with E-state index in [1.54, 1.807) is 0 Å². The molecule has 1 N–H and O–H groups in total. The molecule has 1 heterocycles. The molecule has 0 unspecified atom stereocenters. The summed E-state index contributed by atoms with van der Waals surface area (Å²) < 4.78 is 1.98. The van der Waals surface area contributed by atoms with E-state index >= 15 is 0 Å². The smallest absolute Gasteiger partial charge is 0.0832 e. The first-order valence-corrected chi connectivity index (χ1v) is 5.59. The van der Waals surface area contributed by atoms with Crippen molar-refractivity contribution < 1.29 is 0 Å². The minimum Gasteiger partial charge on any atom is -0.382 e. The van der Waals surface area contributed by atoms with Crippen molar-refractivity contribution in [2.24, 2.45) is 0 Å². The fourth-order valence-corrected chi connectivity index (χ4v) is 1.90. The summed E-state index contributed by atoms with van der Waals surface area (Å²) in [5, 5.41) is 7.90. The van der Waals surface area contributed by atoms with Crippen LogP contribution >= 0.6 is 0 Å². The molecule has 3 nitrogen and oxygen atoms in total. The van der Waals surface area contributed by atoms with Crippen LogP contribution < -0.4 is 5.32 Å². The highest BCUT2D eigenvalue weighted by Gasteiger charge is 2.11. The van der Waals surface area contributed by atoms with Crippen LogP contribution in [0, 0.1) is 13.8 Å². The summed E-state index contributed by atoms with van der Waals surface area (Å²) in [5.41, 5.74) is 4.45. The van der Waals surface area contributed by atoms with E-state index in [0.29, 0.717) is 0 Å². The largest absolute Gasteiger partial charge is 0.382 e. The highest BCUT2D eigenvalue weighted by atomic mass is 15.3. The summed E-state index contributed by atoms with van der Waals surface area (Å²) in [6.07, 6.45) is 0. The van der Waals surface area contributed by atoms with Crippen LogP contribution in [-0.4, -0.2) is 16.3 Å². The van der Waals surface area contributed by atoms with Crippen molar-refractivity contribution in [3.8, 4) is 5.69 Å². The molecule has 0 aliphatic heterocycles. The second-order valence-electron chi connectivity index (χ2n) is 3.82. The van der Waals surface area contributed by atoms with Crippen LogP contribution in [0.3, 0.4) is 0 Å². The van der Waals surface area contributed by atoms with Crippen molar-refractivity contribution in [2.45, 2.75) is 20.8 Å². The van der Waals surface area contributed by atoms with E-state index < -0.39 is 0 Å². The van der Waals surface area contributed by atoms with Crippen LogP contribution in [-0.2, 0) is 0 Å². The summed E-state index contributed by atoms with van der Waals surface area (Å²) in [5.74, 6) is 0. The van der Waals surface area contributed by atoms with Crippen molar-refractivity contribution in [1.29, 1.82) is 0 Å². The molecule has 1 aromatic carbocycles. The molecule has 16 heavy (non-hydrogen) atoms. The van der Waals surface area contributed by atoms with Gasteiger partial charge in [0.05, 0.1) is 22.8 Å². The number of nitrogens with zero attached hydrogens (tertiary/aromatic N) is 2. The highest BCUT2D eigenvalue weighted by Crippen LogP contribution is 2.22. The fourth-order valence-electron chi connectivity index (χ4n) is 1.90. The van der Waals surface area contributed by atoms with Crippen molar-refractivity contribution in [3.05, 3.63) is 41.7 Å². The van der Waals surface area contributed by atoms with Gasteiger partial charge in [0.25, 0.3) is 0 Å². The first kappa shape index (κ1) is 10.7. The number of benzene rings is 1. The van der Waals surface area contributed by atoms with Gasteiger partial charge in [-0.05, 0) is 32.9 Å². The van der Waals surface area contributed by atoms with Crippen molar-refractivity contribution >= 4 is 5.69 Å². The zero-order chi connectivity index (χ0) is 11.5. The predicted molar refractivity (Wildman–Crippen MR) is 67.2 cm³/mol. The normalized spacial score (nSPS) is 10.4. The lowest BCUT2D eigenvalue weighted by Crippen LogP contribution is -2.01. The molecular weight excluding hydrogens is 198 g/mol. The minimum atomic E-state index is 0.919. The average molecular weight is 215 g/mol. The van der Waals surface area contributed by atoms with Gasteiger partial charge in [0.2, 0.25) is 0 Å². The second-order valence-corrected chi connectivity index (χ2v) is 3.82. The molecule has 0 radical (unpaired) electrons. The molecule has 0 amide bonds. The molecule has 2 rings (SSSR count). The van der Waals surface area contributed by atoms with Crippen molar-refractivity contribution in [3.63, 3.8) is 0 Å². The topological polar surface area (TPSA) is 29.9 Å². The number of hydrogen-bond donors (Lipinski definition) is 1. The van der Waals surface area contributed by atoms with Crippen molar-refractivity contribution in [1.82, 2.24) is 9.78 Å². The van der Waals surface area contributed by atoms with E-state index in [9.17, 15) is 0 Å². The Kier molecular flexibility index (Phi) is 2.95. The molecule has 2 aromatic rings. The molecule has 0 aliphatic carbocycles. The van der Waals surface area contributed by atoms with Gasteiger partial charge >= 0.3 is 0 Å². The summed E-state index contributed by atoms with van der Waals surface area (Å²) in [7, 11) is 0. The van der Waals surface area contributed by atoms with Gasteiger partial charge in [0, 0.05) is 6.54 Å². The van der Waals surface area contributed by atoms with E-state index in [0.717, 1.165) is 29.3 Å². The van der Waals surface area contributed by atoms with Crippen molar-refractivity contribution in [2.75, 3.05) is 11.9 Å². The number of aromatic nitrogens is 2. The third kappa shape index (κ3) is 1.81. The number of hydrogen-bond acceptors (Lipinski definition) is 2. The lowest BCUT2D eigenvalue weighted by Gasteiger charge is -2.05. The molecule has 0 saturated heterocycles. The number of nitrogens with one attached hydrogen (secondary N) is 1. The first-order valence-electron chi connectivity index (χ1n) is 5.59. The molecule has 84 valence electrons. The van der Waals surface area contributed by atoms with E-state index in [1.807, 2.05) is 29.8 Å². The average Bonchev–Trinajstić information content (AvgIpc) is 2.59. The lowest BCUT2D eigenvalue weighted by molar-refractivity contribution is 0.834. The molecular formula is C13H17N3. The van der Waals surface area contributed by atoms with Gasteiger partial charge in [-0.3, -0.25) is 0 Å². The Morgan fingerprint density at radius 1 is 1.19 bits per heavy atom. The molecule has 1 aromatic heterocycles. The van der Waals surface area contributed by atoms with Crippen LogP contribution in [0.4, 0.5) is 5.69 Å². The van der Waals surface area contributed by atoms with E-state index in [4.69, 9.17) is 0 Å². The number of rotatable bonds is 3. The molecule has 0 bridgehead atoms. The van der Waals surface area contributed by atoms with Gasteiger partial charge in [0.15, 0.2) is 0 Å². The Balaban J connectivity index is 2.47. The van der Waals surface area contributed by atoms with E-state index in [-0.39, 0.29) is 0 Å². The number of anilines is 1. The van der Waals surface area contributed by atoms with Crippen LogP contribution in [0.1, 0.15) is 18.3 Å². The monoisotopic (exact) mass is 215 g/mol. The summed E-state index contributed by atoms with van der Waals surface area (Å²) in [6.45, 7) is 7.14. The maximum atomic E-state index is 4.55. The van der Waals surface area contributed by atoms with Crippen LogP contribution in [0.2, 0.25) is 0 Å². The number of aryl methyl sites for hydroxylation is 1. The Hall–Kier alpha value is -1.77. The molecule has 3 heteroatoms. The zero-order valence-electron chi connectivity index (χ0n) is 9.99. The van der Waals surface area contributed by atoms with Crippen LogP contribution in [0.5, 0.6) is 0 Å². The molecule has 0 spiro atoms. The quantitative estimate of drug-likeness (QED) is 0.853. The first-order chi connectivity index (χ1) is 7.74. The van der Waals surface area contributed by atoms with Gasteiger partial charge in [0.1, 0.15) is 0 Å². The van der Waals surface area contributed by atoms with Gasteiger partial charge in [-0.1, -0.05) is 18.2 Å². The highest BCUT2D eigenvalue weighted by molar-refractivity contribution is 5.54. The van der Waals surface area contributed by atoms with Gasteiger partial charge in [-0.2, -0.15) is 5.10 Å². The van der Waals surface area contributed by atoms with E-state index in [2.05, 4.69) is 36.4 Å². The third-order valence-electron chi connectivity index (χ3n) is 2.65. The molecule has 0 atom stereocenters. The van der Waals surface area contributed by atoms with Gasteiger partial charge in [-0.25, -0.2) is 4.68 Å². The third-order valence-corrected chi connectivity index (χ3v) is 2.65. The molecule has 0 aliphatic rings. The SMILES string of the molecule is CCNc1c(C)nn(-c2ccccc2)c1C. The Bertz CT molecular complexity index is 471. The standard InChI is InChI=1S/C13H17N3/c1-4-14-13-10(2)15-16(11(13)3)12-8-6-5-7-9-12/h5-9,14H,4H2,1-3H3. The maximum Gasteiger partial charge on any atom is 0.0832 e. The lowest BCUT2D eigenvalue weighted by atomic mass is 10.3. The summed E-state index contributed by atoms with van der Waals surface area (Å²) in [4.78, 5) is 0. The minimum absolute atomic E-state index is 0.919. The molecule has 0 saturated carbocycles. The zero-order valence-corrected chi connectivity index (χ0v) is 9.99. The van der Waals surface area contributed by atoms with Gasteiger partial charge in [-0.15, -0.1) is 0 Å². The van der Waals surface area contributed by atoms with Crippen LogP contribution in [0.25, 0.3) is 5.69 Å². The predicted octanol–water partition coefficient (Wildman–Crippen LogP) is 2.92. The fraction of sp³-hybridized carbons (Fsp3) is 0.308. The van der Waals surface area contributed by atoms with Gasteiger partial charge < -0.3 is 5.32 Å². The Morgan fingerprint density at radius 2 is 1.88 bits per heavy atom. The number of para-hydroxylation sites is 1. The summed E-state index contributed by atoms with van der Waals surface area (Å²) >= 11 is 0.